The number of hydrogen-bond donors (Lipinski definition) is 2. The van der Waals surface area contributed by atoms with Crippen LogP contribution in [0.2, 0.25) is 0 Å². The van der Waals surface area contributed by atoms with E-state index in [-0.39, 0.29) is 12.5 Å². The number of esters is 1. The van der Waals surface area contributed by atoms with Gasteiger partial charge in [0.05, 0.1) is 6.04 Å². The monoisotopic (exact) mass is 271 g/mol. The van der Waals surface area contributed by atoms with Gasteiger partial charge in [-0.2, -0.15) is 0 Å². The second kappa shape index (κ2) is 6.51. The van der Waals surface area contributed by atoms with Gasteiger partial charge in [0.2, 0.25) is 5.91 Å². The summed E-state index contributed by atoms with van der Waals surface area (Å²) in [6.45, 7) is 4.51. The Morgan fingerprint density at radius 1 is 1.50 bits per heavy atom. The first-order chi connectivity index (χ1) is 8.40. The van der Waals surface area contributed by atoms with Crippen LogP contribution in [-0.4, -0.2) is 29.6 Å². The number of carbonyl (C=O) groups excluding carboxylic acids is 2. The van der Waals surface area contributed by atoms with Gasteiger partial charge in [-0.15, -0.1) is 11.3 Å². The highest BCUT2D eigenvalue weighted by atomic mass is 32.1. The summed E-state index contributed by atoms with van der Waals surface area (Å²) in [5, 5.41) is 14.7. The van der Waals surface area contributed by atoms with Gasteiger partial charge >= 0.3 is 5.97 Å². The molecule has 0 aromatic carbocycles. The minimum absolute atomic E-state index is 0.0486. The number of aliphatic hydroxyl groups excluding tert-OH is 1. The second-order valence-corrected chi connectivity index (χ2v) is 5.02. The SMILES string of the molecule is CC(=O)NC(COC(C)=O)C(O)c1cc(C)cs1. The normalized spacial score (nSPS) is 13.8. The molecular weight excluding hydrogens is 254 g/mol. The molecule has 0 bridgehead atoms. The van der Waals surface area contributed by atoms with Crippen molar-refractivity contribution in [3.63, 3.8) is 0 Å². The van der Waals surface area contributed by atoms with Crippen LogP contribution >= 0.6 is 11.3 Å². The van der Waals surface area contributed by atoms with E-state index >= 15 is 0 Å². The minimum Gasteiger partial charge on any atom is -0.464 e. The van der Waals surface area contributed by atoms with E-state index in [0.29, 0.717) is 0 Å². The first-order valence-electron chi connectivity index (χ1n) is 5.53. The number of hydrogen-bond acceptors (Lipinski definition) is 5. The molecule has 18 heavy (non-hydrogen) atoms. The third-order valence-corrected chi connectivity index (χ3v) is 3.40. The Kier molecular flexibility index (Phi) is 5.30. The van der Waals surface area contributed by atoms with Crippen molar-refractivity contribution in [2.75, 3.05) is 6.61 Å². The van der Waals surface area contributed by atoms with Crippen LogP contribution in [0.3, 0.4) is 0 Å². The average Bonchev–Trinajstić information content (AvgIpc) is 2.69. The van der Waals surface area contributed by atoms with Gasteiger partial charge in [-0.3, -0.25) is 9.59 Å². The van der Waals surface area contributed by atoms with Crippen molar-refractivity contribution < 1.29 is 19.4 Å². The smallest absolute Gasteiger partial charge is 0.302 e. The Balaban J connectivity index is 2.74. The van der Waals surface area contributed by atoms with Crippen LogP contribution in [0.5, 0.6) is 0 Å². The van der Waals surface area contributed by atoms with Gasteiger partial charge in [0.1, 0.15) is 12.7 Å². The summed E-state index contributed by atoms with van der Waals surface area (Å²) >= 11 is 1.41. The lowest BCUT2D eigenvalue weighted by Gasteiger charge is -2.22. The number of rotatable bonds is 5. The van der Waals surface area contributed by atoms with Gasteiger partial charge in [0.25, 0.3) is 0 Å². The Morgan fingerprint density at radius 2 is 2.17 bits per heavy atom. The summed E-state index contributed by atoms with van der Waals surface area (Å²) < 4.78 is 4.85. The van der Waals surface area contributed by atoms with E-state index in [1.807, 2.05) is 18.4 Å². The first kappa shape index (κ1) is 14.7. The summed E-state index contributed by atoms with van der Waals surface area (Å²) in [6, 6.07) is 1.21. The molecule has 2 N–H and O–H groups in total. The highest BCUT2D eigenvalue weighted by Crippen LogP contribution is 2.24. The van der Waals surface area contributed by atoms with Crippen molar-refractivity contribution in [3.8, 4) is 0 Å². The molecular formula is C12H17NO4S. The minimum atomic E-state index is -0.882. The maximum atomic E-state index is 11.1. The standard InChI is InChI=1S/C12H17NO4S/c1-7-4-11(18-6-7)12(16)10(13-8(2)14)5-17-9(3)15/h4,6,10,12,16H,5H2,1-3H3,(H,13,14). The largest absolute Gasteiger partial charge is 0.464 e. The first-order valence-corrected chi connectivity index (χ1v) is 6.41. The molecule has 1 amide bonds. The Bertz CT molecular complexity index is 429. The van der Waals surface area contributed by atoms with Gasteiger partial charge in [-0.1, -0.05) is 0 Å². The van der Waals surface area contributed by atoms with Crippen LogP contribution < -0.4 is 5.32 Å². The molecule has 2 atom stereocenters. The third kappa shape index (κ3) is 4.46. The van der Waals surface area contributed by atoms with Gasteiger partial charge in [-0.05, 0) is 23.9 Å². The average molecular weight is 271 g/mol. The molecule has 1 aromatic rings. The highest BCUT2D eigenvalue weighted by molar-refractivity contribution is 7.10. The van der Waals surface area contributed by atoms with Crippen LogP contribution in [0.4, 0.5) is 0 Å². The van der Waals surface area contributed by atoms with Crippen LogP contribution in [0.15, 0.2) is 11.4 Å². The topological polar surface area (TPSA) is 75.6 Å². The predicted octanol–water partition coefficient (Wildman–Crippen LogP) is 1.16. The molecule has 0 spiro atoms. The van der Waals surface area contributed by atoms with Crippen molar-refractivity contribution in [1.82, 2.24) is 5.32 Å². The molecule has 1 heterocycles. The van der Waals surface area contributed by atoms with Gasteiger partial charge in [0.15, 0.2) is 0 Å². The summed E-state index contributed by atoms with van der Waals surface area (Å²) in [5.74, 6) is -0.723. The zero-order valence-electron chi connectivity index (χ0n) is 10.6. The number of ether oxygens (including phenoxy) is 1. The molecule has 100 valence electrons. The van der Waals surface area contributed by atoms with Gasteiger partial charge in [-0.25, -0.2) is 0 Å². The fourth-order valence-corrected chi connectivity index (χ4v) is 2.43. The number of nitrogens with one attached hydrogen (secondary N) is 1. The van der Waals surface area contributed by atoms with Crippen molar-refractivity contribution in [1.29, 1.82) is 0 Å². The third-order valence-electron chi connectivity index (χ3n) is 2.28. The summed E-state index contributed by atoms with van der Waals surface area (Å²) in [7, 11) is 0. The van der Waals surface area contributed by atoms with Crippen molar-refractivity contribution >= 4 is 23.2 Å². The second-order valence-electron chi connectivity index (χ2n) is 4.08. The lowest BCUT2D eigenvalue weighted by Crippen LogP contribution is -2.41. The molecule has 0 aliphatic heterocycles. The molecule has 0 aliphatic carbocycles. The fraction of sp³-hybridized carbons (Fsp3) is 0.500. The van der Waals surface area contributed by atoms with Crippen molar-refractivity contribution in [2.45, 2.75) is 32.9 Å². The summed E-state index contributed by atoms with van der Waals surface area (Å²) in [6.07, 6.45) is -0.882. The van der Waals surface area contributed by atoms with Crippen LogP contribution in [0.25, 0.3) is 0 Å². The van der Waals surface area contributed by atoms with Crippen LogP contribution in [0.1, 0.15) is 30.4 Å². The zero-order valence-corrected chi connectivity index (χ0v) is 11.4. The molecule has 0 saturated carbocycles. The molecule has 0 saturated heterocycles. The number of aryl methyl sites for hydroxylation is 1. The van der Waals surface area contributed by atoms with Crippen LogP contribution in [-0.2, 0) is 14.3 Å². The molecule has 0 radical (unpaired) electrons. The molecule has 0 fully saturated rings. The maximum absolute atomic E-state index is 11.1. The van der Waals surface area contributed by atoms with E-state index in [1.165, 1.54) is 25.2 Å². The van der Waals surface area contributed by atoms with Crippen molar-refractivity contribution in [3.05, 3.63) is 21.9 Å². The van der Waals surface area contributed by atoms with E-state index in [9.17, 15) is 14.7 Å². The number of amides is 1. The fourth-order valence-electron chi connectivity index (χ4n) is 1.49. The van der Waals surface area contributed by atoms with Gasteiger partial charge in [0, 0.05) is 18.7 Å². The quantitative estimate of drug-likeness (QED) is 0.788. The van der Waals surface area contributed by atoms with Crippen LogP contribution in [0, 0.1) is 6.92 Å². The molecule has 0 aliphatic rings. The molecule has 5 nitrogen and oxygen atoms in total. The Labute approximate surface area is 110 Å². The zero-order chi connectivity index (χ0) is 13.7. The van der Waals surface area contributed by atoms with Crippen molar-refractivity contribution in [2.24, 2.45) is 0 Å². The molecule has 2 unspecified atom stereocenters. The van der Waals surface area contributed by atoms with E-state index in [2.05, 4.69) is 5.32 Å². The van der Waals surface area contributed by atoms with E-state index in [0.717, 1.165) is 10.4 Å². The summed E-state index contributed by atoms with van der Waals surface area (Å²) in [4.78, 5) is 22.6. The van der Waals surface area contributed by atoms with E-state index in [4.69, 9.17) is 4.74 Å². The number of thiophene rings is 1. The van der Waals surface area contributed by atoms with Gasteiger partial charge < -0.3 is 15.2 Å². The molecule has 1 aromatic heterocycles. The lowest BCUT2D eigenvalue weighted by molar-refractivity contribution is -0.143. The maximum Gasteiger partial charge on any atom is 0.302 e. The lowest BCUT2D eigenvalue weighted by atomic mass is 10.1. The summed E-state index contributed by atoms with van der Waals surface area (Å²) in [5.41, 5.74) is 1.04. The predicted molar refractivity (Wildman–Crippen MR) is 68.3 cm³/mol. The Morgan fingerprint density at radius 3 is 2.61 bits per heavy atom. The van der Waals surface area contributed by atoms with E-state index in [1.54, 1.807) is 0 Å². The number of carbonyl (C=O) groups is 2. The van der Waals surface area contributed by atoms with E-state index < -0.39 is 18.1 Å². The molecule has 1 rings (SSSR count). The highest BCUT2D eigenvalue weighted by Gasteiger charge is 2.24. The Hall–Kier alpha value is -1.40. The number of aliphatic hydroxyl groups is 1. The molecule has 6 heteroatoms.